The molecule has 1 N–H and O–H groups in total. The Morgan fingerprint density at radius 1 is 1.19 bits per heavy atom. The van der Waals surface area contributed by atoms with Gasteiger partial charge in [-0.1, -0.05) is 17.7 Å². The first kappa shape index (κ1) is 13.2. The number of aryl methyl sites for hydroxylation is 3. The van der Waals surface area contributed by atoms with E-state index in [2.05, 4.69) is 4.18 Å². The summed E-state index contributed by atoms with van der Waals surface area (Å²) in [6.45, 7) is 4.84. The first-order chi connectivity index (χ1) is 7.38. The maximum absolute atomic E-state index is 11.8. The highest BCUT2D eigenvalue weighted by Crippen LogP contribution is 2.23. The lowest BCUT2D eigenvalue weighted by Gasteiger charge is -2.11. The van der Waals surface area contributed by atoms with Crippen molar-refractivity contribution in [2.24, 2.45) is 0 Å². The molecule has 0 heterocycles. The van der Waals surface area contributed by atoms with Gasteiger partial charge in [-0.25, -0.2) is 0 Å². The fourth-order valence-corrected chi connectivity index (χ4v) is 3.09. The highest BCUT2D eigenvalue weighted by molar-refractivity contribution is 7.86. The maximum Gasteiger partial charge on any atom is 0.297 e. The second-order valence-electron chi connectivity index (χ2n) is 3.73. The van der Waals surface area contributed by atoms with Crippen LogP contribution in [0.1, 0.15) is 16.7 Å². The average Bonchev–Trinajstić information content (AvgIpc) is 2.12. The van der Waals surface area contributed by atoms with Crippen molar-refractivity contribution in [1.82, 2.24) is 0 Å². The van der Waals surface area contributed by atoms with Crippen molar-refractivity contribution in [2.75, 3.05) is 13.2 Å². The molecule has 1 aromatic rings. The van der Waals surface area contributed by atoms with Gasteiger partial charge in [0.25, 0.3) is 10.1 Å². The molecule has 90 valence electrons. The van der Waals surface area contributed by atoms with E-state index in [1.54, 1.807) is 26.0 Å². The second-order valence-corrected chi connectivity index (χ2v) is 5.28. The Balaban J connectivity index is 3.23. The van der Waals surface area contributed by atoms with Gasteiger partial charge in [0.2, 0.25) is 0 Å². The van der Waals surface area contributed by atoms with Crippen LogP contribution in [-0.4, -0.2) is 26.7 Å². The fraction of sp³-hybridized carbons (Fsp3) is 0.455. The molecule has 0 spiro atoms. The van der Waals surface area contributed by atoms with Gasteiger partial charge in [-0.3, -0.25) is 4.18 Å². The highest BCUT2D eigenvalue weighted by Gasteiger charge is 2.20. The van der Waals surface area contributed by atoms with Gasteiger partial charge in [-0.2, -0.15) is 8.42 Å². The molecule has 0 fully saturated rings. The van der Waals surface area contributed by atoms with Crippen LogP contribution in [0.4, 0.5) is 0 Å². The molecule has 0 bridgehead atoms. The Labute approximate surface area is 96.0 Å². The predicted octanol–water partition coefficient (Wildman–Crippen LogP) is 1.31. The number of aliphatic hydroxyl groups is 1. The minimum Gasteiger partial charge on any atom is -0.394 e. The van der Waals surface area contributed by atoms with Gasteiger partial charge in [0.15, 0.2) is 0 Å². The van der Waals surface area contributed by atoms with Gasteiger partial charge in [0.1, 0.15) is 0 Å². The van der Waals surface area contributed by atoms with Crippen molar-refractivity contribution < 1.29 is 17.7 Å². The summed E-state index contributed by atoms with van der Waals surface area (Å²) in [4.78, 5) is 0.201. The van der Waals surface area contributed by atoms with Gasteiger partial charge in [-0.15, -0.1) is 0 Å². The van der Waals surface area contributed by atoms with Gasteiger partial charge in [-0.05, 0) is 31.9 Å². The SMILES string of the molecule is Cc1cc(C)c(S(=O)(=O)OCCO)c(C)c1. The summed E-state index contributed by atoms with van der Waals surface area (Å²) in [7, 11) is -3.76. The molecule has 0 aliphatic heterocycles. The van der Waals surface area contributed by atoms with Crippen LogP contribution in [0.5, 0.6) is 0 Å². The second kappa shape index (κ2) is 4.95. The van der Waals surface area contributed by atoms with E-state index < -0.39 is 10.1 Å². The zero-order valence-electron chi connectivity index (χ0n) is 9.65. The largest absolute Gasteiger partial charge is 0.394 e. The summed E-state index contributed by atoms with van der Waals surface area (Å²) in [5.41, 5.74) is 2.34. The van der Waals surface area contributed by atoms with E-state index in [0.29, 0.717) is 11.1 Å². The Hall–Kier alpha value is -0.910. The van der Waals surface area contributed by atoms with Gasteiger partial charge < -0.3 is 5.11 Å². The van der Waals surface area contributed by atoms with Crippen LogP contribution in [0.3, 0.4) is 0 Å². The van der Waals surface area contributed by atoms with Crippen LogP contribution >= 0.6 is 0 Å². The van der Waals surface area contributed by atoms with E-state index in [4.69, 9.17) is 5.11 Å². The van der Waals surface area contributed by atoms with Crippen molar-refractivity contribution >= 4 is 10.1 Å². The minimum atomic E-state index is -3.76. The summed E-state index contributed by atoms with van der Waals surface area (Å²) in [6.07, 6.45) is 0. The van der Waals surface area contributed by atoms with Gasteiger partial charge in [0.05, 0.1) is 18.1 Å². The molecule has 0 aliphatic rings. The van der Waals surface area contributed by atoms with Gasteiger partial charge >= 0.3 is 0 Å². The molecule has 0 unspecified atom stereocenters. The lowest BCUT2D eigenvalue weighted by molar-refractivity contribution is 0.205. The van der Waals surface area contributed by atoms with Crippen LogP contribution in [0.2, 0.25) is 0 Å². The van der Waals surface area contributed by atoms with Crippen LogP contribution in [-0.2, 0) is 14.3 Å². The molecular formula is C11H16O4S. The molecule has 0 atom stereocenters. The Morgan fingerprint density at radius 2 is 1.69 bits per heavy atom. The van der Waals surface area contributed by atoms with E-state index in [0.717, 1.165) is 5.56 Å². The van der Waals surface area contributed by atoms with Gasteiger partial charge in [0, 0.05) is 0 Å². The lowest BCUT2D eigenvalue weighted by atomic mass is 10.1. The lowest BCUT2D eigenvalue weighted by Crippen LogP contribution is -2.12. The van der Waals surface area contributed by atoms with E-state index in [1.807, 2.05) is 6.92 Å². The summed E-state index contributed by atoms with van der Waals surface area (Å²) in [6, 6.07) is 3.59. The number of aliphatic hydroxyl groups excluding tert-OH is 1. The Bertz CT molecular complexity index is 454. The zero-order valence-corrected chi connectivity index (χ0v) is 10.5. The molecule has 4 nitrogen and oxygen atoms in total. The standard InChI is InChI=1S/C11H16O4S/c1-8-6-9(2)11(10(3)7-8)16(13,14)15-5-4-12/h6-7,12H,4-5H2,1-3H3. The number of hydrogen-bond donors (Lipinski definition) is 1. The Morgan fingerprint density at radius 3 is 2.12 bits per heavy atom. The average molecular weight is 244 g/mol. The van der Waals surface area contributed by atoms with Crippen LogP contribution in [0.15, 0.2) is 17.0 Å². The summed E-state index contributed by atoms with van der Waals surface area (Å²) in [5.74, 6) is 0. The molecule has 0 amide bonds. The van der Waals surface area contributed by atoms with Crippen LogP contribution in [0, 0.1) is 20.8 Å². The topological polar surface area (TPSA) is 63.6 Å². The summed E-state index contributed by atoms with van der Waals surface area (Å²) >= 11 is 0. The molecule has 0 radical (unpaired) electrons. The molecule has 0 saturated heterocycles. The monoisotopic (exact) mass is 244 g/mol. The molecule has 0 aliphatic carbocycles. The van der Waals surface area contributed by atoms with E-state index in [1.165, 1.54) is 0 Å². The molecule has 0 saturated carbocycles. The first-order valence-electron chi connectivity index (χ1n) is 4.96. The van der Waals surface area contributed by atoms with Crippen molar-refractivity contribution in [2.45, 2.75) is 25.7 Å². The highest BCUT2D eigenvalue weighted by atomic mass is 32.2. The molecular weight excluding hydrogens is 228 g/mol. The van der Waals surface area contributed by atoms with E-state index >= 15 is 0 Å². The molecule has 0 aromatic heterocycles. The molecule has 1 aromatic carbocycles. The van der Waals surface area contributed by atoms with Crippen molar-refractivity contribution in [3.63, 3.8) is 0 Å². The number of benzene rings is 1. The molecule has 16 heavy (non-hydrogen) atoms. The Kier molecular flexibility index (Phi) is 4.07. The summed E-state index contributed by atoms with van der Waals surface area (Å²) in [5, 5.41) is 8.57. The molecule has 5 heteroatoms. The third kappa shape index (κ3) is 2.81. The molecule has 1 rings (SSSR count). The number of rotatable bonds is 4. The quantitative estimate of drug-likeness (QED) is 0.811. The smallest absolute Gasteiger partial charge is 0.297 e. The van der Waals surface area contributed by atoms with E-state index in [9.17, 15) is 8.42 Å². The summed E-state index contributed by atoms with van der Waals surface area (Å²) < 4.78 is 28.3. The van der Waals surface area contributed by atoms with Crippen LogP contribution < -0.4 is 0 Å². The first-order valence-corrected chi connectivity index (χ1v) is 6.37. The fourth-order valence-electron chi connectivity index (χ4n) is 1.77. The normalized spacial score (nSPS) is 11.8. The zero-order chi connectivity index (χ0) is 12.3. The predicted molar refractivity (Wildman–Crippen MR) is 60.9 cm³/mol. The maximum atomic E-state index is 11.8. The van der Waals surface area contributed by atoms with Crippen molar-refractivity contribution in [3.05, 3.63) is 28.8 Å². The van der Waals surface area contributed by atoms with E-state index in [-0.39, 0.29) is 18.1 Å². The van der Waals surface area contributed by atoms with Crippen LogP contribution in [0.25, 0.3) is 0 Å². The third-order valence-electron chi connectivity index (χ3n) is 2.18. The van der Waals surface area contributed by atoms with Crippen molar-refractivity contribution in [3.8, 4) is 0 Å². The van der Waals surface area contributed by atoms with Crippen molar-refractivity contribution in [1.29, 1.82) is 0 Å². The minimum absolute atomic E-state index is 0.201. The third-order valence-corrected chi connectivity index (χ3v) is 3.81. The number of hydrogen-bond acceptors (Lipinski definition) is 4.